The number of rotatable bonds is 1. The van der Waals surface area contributed by atoms with Crippen LogP contribution >= 0.6 is 0 Å². The number of hydrogen-bond acceptors (Lipinski definition) is 2. The monoisotopic (exact) mass is 149 g/mol. The topological polar surface area (TPSA) is 29.4 Å². The molecule has 2 nitrogen and oxygen atoms in total. The molecular formula is C9H11NO. The second-order valence-electron chi connectivity index (χ2n) is 3.75. The third kappa shape index (κ3) is 0.865. The first kappa shape index (κ1) is 6.81. The first-order valence-corrected chi connectivity index (χ1v) is 4.02. The Bertz CT molecular complexity index is 252. The molecular weight excluding hydrogens is 138 g/mol. The van der Waals surface area contributed by atoms with E-state index in [9.17, 15) is 4.79 Å². The van der Waals surface area contributed by atoms with Gasteiger partial charge in [-0.1, -0.05) is 12.2 Å². The predicted molar refractivity (Wildman–Crippen MR) is 41.9 cm³/mol. The molecule has 0 aromatic carbocycles. The first-order chi connectivity index (χ1) is 5.24. The van der Waals surface area contributed by atoms with Crippen molar-refractivity contribution in [3.8, 4) is 0 Å². The van der Waals surface area contributed by atoms with Gasteiger partial charge < -0.3 is 0 Å². The molecule has 0 radical (unpaired) electrons. The zero-order valence-electron chi connectivity index (χ0n) is 6.58. The number of isocyanates is 1. The van der Waals surface area contributed by atoms with Crippen LogP contribution in [0.1, 0.15) is 19.8 Å². The molecule has 11 heavy (non-hydrogen) atoms. The van der Waals surface area contributed by atoms with E-state index in [1.807, 2.05) is 6.92 Å². The van der Waals surface area contributed by atoms with Gasteiger partial charge in [0.2, 0.25) is 6.08 Å². The maximum atomic E-state index is 10.1. The van der Waals surface area contributed by atoms with Gasteiger partial charge >= 0.3 is 0 Å². The summed E-state index contributed by atoms with van der Waals surface area (Å²) in [5, 5.41) is 0. The molecule has 0 amide bonds. The van der Waals surface area contributed by atoms with Crippen LogP contribution in [0.25, 0.3) is 0 Å². The Balaban J connectivity index is 2.30. The van der Waals surface area contributed by atoms with Gasteiger partial charge in [0.15, 0.2) is 0 Å². The smallest absolute Gasteiger partial charge is 0.211 e. The van der Waals surface area contributed by atoms with E-state index in [0.717, 1.165) is 6.42 Å². The van der Waals surface area contributed by atoms with Gasteiger partial charge in [0.05, 0.1) is 5.54 Å². The summed E-state index contributed by atoms with van der Waals surface area (Å²) >= 11 is 0. The summed E-state index contributed by atoms with van der Waals surface area (Å²) in [7, 11) is 0. The van der Waals surface area contributed by atoms with E-state index in [0.29, 0.717) is 11.8 Å². The van der Waals surface area contributed by atoms with Crippen LogP contribution in [0.3, 0.4) is 0 Å². The van der Waals surface area contributed by atoms with Crippen LogP contribution < -0.4 is 0 Å². The molecule has 2 rings (SSSR count). The van der Waals surface area contributed by atoms with E-state index in [1.165, 1.54) is 6.42 Å². The minimum Gasteiger partial charge on any atom is -0.211 e. The van der Waals surface area contributed by atoms with Crippen molar-refractivity contribution in [3.05, 3.63) is 12.2 Å². The number of carbonyl (C=O) groups excluding carboxylic acids is 1. The van der Waals surface area contributed by atoms with Gasteiger partial charge in [0.1, 0.15) is 0 Å². The van der Waals surface area contributed by atoms with Gasteiger partial charge in [0, 0.05) is 5.92 Å². The molecule has 2 bridgehead atoms. The molecule has 0 aromatic rings. The fourth-order valence-corrected chi connectivity index (χ4v) is 2.30. The van der Waals surface area contributed by atoms with Crippen molar-refractivity contribution in [2.75, 3.05) is 0 Å². The van der Waals surface area contributed by atoms with Crippen molar-refractivity contribution in [2.24, 2.45) is 16.8 Å². The van der Waals surface area contributed by atoms with Crippen LogP contribution in [-0.2, 0) is 4.79 Å². The van der Waals surface area contributed by atoms with E-state index < -0.39 is 0 Å². The molecule has 0 N–H and O–H groups in total. The van der Waals surface area contributed by atoms with E-state index >= 15 is 0 Å². The van der Waals surface area contributed by atoms with Crippen molar-refractivity contribution in [1.82, 2.24) is 0 Å². The Morgan fingerprint density at radius 1 is 1.64 bits per heavy atom. The normalized spacial score (nSPS) is 45.9. The molecule has 2 aliphatic rings. The summed E-state index contributed by atoms with van der Waals surface area (Å²) in [6, 6.07) is 0. The third-order valence-electron chi connectivity index (χ3n) is 2.95. The fraction of sp³-hybridized carbons (Fsp3) is 0.667. The largest absolute Gasteiger partial charge is 0.235 e. The lowest BCUT2D eigenvalue weighted by Gasteiger charge is -2.24. The summed E-state index contributed by atoms with van der Waals surface area (Å²) in [6.07, 6.45) is 8.32. The molecule has 0 heterocycles. The van der Waals surface area contributed by atoms with Crippen molar-refractivity contribution in [3.63, 3.8) is 0 Å². The Labute approximate surface area is 66.0 Å². The fourth-order valence-electron chi connectivity index (χ4n) is 2.30. The van der Waals surface area contributed by atoms with Gasteiger partial charge in [-0.05, 0) is 25.7 Å². The molecule has 2 aliphatic carbocycles. The Morgan fingerprint density at radius 3 is 2.91 bits per heavy atom. The summed E-state index contributed by atoms with van der Waals surface area (Å²) in [4.78, 5) is 14.0. The lowest BCUT2D eigenvalue weighted by molar-refractivity contribution is 0.396. The minimum absolute atomic E-state index is 0.124. The van der Waals surface area contributed by atoms with Crippen molar-refractivity contribution < 1.29 is 4.79 Å². The zero-order chi connectivity index (χ0) is 7.90. The van der Waals surface area contributed by atoms with Gasteiger partial charge in [-0.3, -0.25) is 0 Å². The van der Waals surface area contributed by atoms with Crippen LogP contribution in [0.15, 0.2) is 17.1 Å². The number of allylic oxidation sites excluding steroid dienone is 1. The third-order valence-corrected chi connectivity index (χ3v) is 2.95. The van der Waals surface area contributed by atoms with Crippen LogP contribution in [-0.4, -0.2) is 11.6 Å². The number of nitrogens with zero attached hydrogens (tertiary/aromatic N) is 1. The lowest BCUT2D eigenvalue weighted by atomic mass is 9.87. The van der Waals surface area contributed by atoms with E-state index in [2.05, 4.69) is 17.1 Å². The van der Waals surface area contributed by atoms with E-state index in [-0.39, 0.29) is 5.54 Å². The quantitative estimate of drug-likeness (QED) is 0.317. The molecule has 1 fully saturated rings. The maximum absolute atomic E-state index is 10.1. The Hall–Kier alpha value is -0.880. The lowest BCUT2D eigenvalue weighted by Crippen LogP contribution is -2.26. The molecule has 3 unspecified atom stereocenters. The first-order valence-electron chi connectivity index (χ1n) is 4.02. The van der Waals surface area contributed by atoms with Crippen molar-refractivity contribution >= 4 is 6.08 Å². The Morgan fingerprint density at radius 2 is 2.45 bits per heavy atom. The Kier molecular flexibility index (Phi) is 1.27. The standard InChI is InChI=1S/C9H11NO/c1-9(10-6-11)5-7-2-3-8(9)4-7/h2-3,7-8H,4-5H2,1H3. The van der Waals surface area contributed by atoms with Crippen LogP contribution in [0.4, 0.5) is 0 Å². The van der Waals surface area contributed by atoms with Gasteiger partial charge in [-0.2, -0.15) is 4.99 Å². The summed E-state index contributed by atoms with van der Waals surface area (Å²) in [5.41, 5.74) is -0.124. The highest BCUT2D eigenvalue weighted by Gasteiger charge is 2.45. The molecule has 0 aromatic heterocycles. The van der Waals surface area contributed by atoms with Gasteiger partial charge in [-0.25, -0.2) is 4.79 Å². The van der Waals surface area contributed by atoms with Crippen LogP contribution in [0.2, 0.25) is 0 Å². The minimum atomic E-state index is -0.124. The molecule has 58 valence electrons. The number of fused-ring (bicyclic) bond motifs is 2. The van der Waals surface area contributed by atoms with Crippen molar-refractivity contribution in [1.29, 1.82) is 0 Å². The second-order valence-corrected chi connectivity index (χ2v) is 3.75. The predicted octanol–water partition coefficient (Wildman–Crippen LogP) is 1.68. The highest BCUT2D eigenvalue weighted by molar-refractivity contribution is 5.36. The molecule has 0 aliphatic heterocycles. The summed E-state index contributed by atoms with van der Waals surface area (Å²) in [6.45, 7) is 2.05. The van der Waals surface area contributed by atoms with Crippen LogP contribution in [0, 0.1) is 11.8 Å². The zero-order valence-corrected chi connectivity index (χ0v) is 6.58. The maximum Gasteiger partial charge on any atom is 0.235 e. The average molecular weight is 149 g/mol. The van der Waals surface area contributed by atoms with Gasteiger partial charge in [0.25, 0.3) is 0 Å². The molecule has 0 saturated heterocycles. The molecule has 1 saturated carbocycles. The number of hydrogen-bond donors (Lipinski definition) is 0. The highest BCUT2D eigenvalue weighted by Crippen LogP contribution is 2.47. The van der Waals surface area contributed by atoms with E-state index in [4.69, 9.17) is 0 Å². The van der Waals surface area contributed by atoms with Gasteiger partial charge in [-0.15, -0.1) is 0 Å². The number of aliphatic imine (C=N–C) groups is 1. The SMILES string of the molecule is CC1(N=C=O)CC2C=CC1C2. The van der Waals surface area contributed by atoms with E-state index in [1.54, 1.807) is 6.08 Å². The average Bonchev–Trinajstić information content (AvgIpc) is 2.45. The second kappa shape index (κ2) is 2.05. The highest BCUT2D eigenvalue weighted by atomic mass is 16.1. The van der Waals surface area contributed by atoms with Crippen LogP contribution in [0.5, 0.6) is 0 Å². The molecule has 0 spiro atoms. The molecule has 3 atom stereocenters. The van der Waals surface area contributed by atoms with Crippen molar-refractivity contribution in [2.45, 2.75) is 25.3 Å². The summed E-state index contributed by atoms with van der Waals surface area (Å²) < 4.78 is 0. The summed E-state index contributed by atoms with van der Waals surface area (Å²) in [5.74, 6) is 1.16. The molecule has 2 heteroatoms.